The Hall–Kier alpha value is -1.35. The summed E-state index contributed by atoms with van der Waals surface area (Å²) in [4.78, 5) is 18.4. The van der Waals surface area contributed by atoms with Crippen LogP contribution in [0.3, 0.4) is 0 Å². The van der Waals surface area contributed by atoms with Crippen molar-refractivity contribution in [2.75, 3.05) is 52.6 Å². The molecule has 0 saturated carbocycles. The fourth-order valence-electron chi connectivity index (χ4n) is 2.91. The van der Waals surface area contributed by atoms with E-state index >= 15 is 0 Å². The van der Waals surface area contributed by atoms with Crippen molar-refractivity contribution in [3.05, 3.63) is 0 Å². The molecule has 0 amide bonds. The lowest BCUT2D eigenvalue weighted by molar-refractivity contribution is -0.146. The molecule has 9 heteroatoms. The number of carbonyl (C=O) groups is 1. The minimum Gasteiger partial charge on any atom is -0.469 e. The lowest BCUT2D eigenvalue weighted by Crippen LogP contribution is -2.46. The maximum absolute atomic E-state index is 11.6. The molecule has 0 aliphatic carbocycles. The van der Waals surface area contributed by atoms with Gasteiger partial charge in [0.2, 0.25) is 10.0 Å². The molecule has 1 heterocycles. The van der Waals surface area contributed by atoms with E-state index in [-0.39, 0.29) is 11.9 Å². The van der Waals surface area contributed by atoms with Crippen LogP contribution in [0.25, 0.3) is 0 Å². The molecular formula is C16H32N4O4S. The van der Waals surface area contributed by atoms with Crippen LogP contribution in [-0.2, 0) is 19.6 Å². The summed E-state index contributed by atoms with van der Waals surface area (Å²) in [5.74, 6) is 0.659. The van der Waals surface area contributed by atoms with Gasteiger partial charge >= 0.3 is 5.97 Å². The number of likely N-dealkylation sites (tertiary alicyclic amines) is 1. The highest BCUT2D eigenvalue weighted by Crippen LogP contribution is 2.18. The van der Waals surface area contributed by atoms with Gasteiger partial charge in [0, 0.05) is 39.3 Å². The second kappa shape index (κ2) is 10.6. The minimum atomic E-state index is -3.15. The summed E-state index contributed by atoms with van der Waals surface area (Å²) in [6.07, 6.45) is 3.42. The minimum absolute atomic E-state index is 0.0306. The number of rotatable bonds is 8. The molecule has 1 saturated heterocycles. The number of carbonyl (C=O) groups excluding carboxylic acids is 1. The van der Waals surface area contributed by atoms with Gasteiger partial charge < -0.3 is 15.0 Å². The predicted octanol–water partition coefficient (Wildman–Crippen LogP) is 0.509. The van der Waals surface area contributed by atoms with E-state index in [9.17, 15) is 13.2 Å². The van der Waals surface area contributed by atoms with Crippen LogP contribution in [0.4, 0.5) is 0 Å². The maximum atomic E-state index is 11.6. The van der Waals surface area contributed by atoms with Crippen molar-refractivity contribution in [2.24, 2.45) is 10.9 Å². The van der Waals surface area contributed by atoms with Gasteiger partial charge in [-0.25, -0.2) is 12.7 Å². The number of nitrogens with one attached hydrogen (secondary N) is 1. The maximum Gasteiger partial charge on any atom is 0.308 e. The zero-order chi connectivity index (χ0) is 18.9. The Balaban J connectivity index is 2.53. The molecule has 1 aliphatic rings. The lowest BCUT2D eigenvalue weighted by Gasteiger charge is -2.33. The number of esters is 1. The average Bonchev–Trinajstić information content (AvgIpc) is 2.59. The zero-order valence-electron chi connectivity index (χ0n) is 15.8. The number of methoxy groups -OCH3 is 1. The number of piperidine rings is 1. The molecule has 0 bridgehead atoms. The molecule has 8 nitrogen and oxygen atoms in total. The van der Waals surface area contributed by atoms with Gasteiger partial charge in [0.15, 0.2) is 5.96 Å². The van der Waals surface area contributed by atoms with Crippen LogP contribution in [0.5, 0.6) is 0 Å². The number of sulfonamides is 1. The highest BCUT2D eigenvalue weighted by molar-refractivity contribution is 7.88. The van der Waals surface area contributed by atoms with Crippen molar-refractivity contribution >= 4 is 22.0 Å². The molecular weight excluding hydrogens is 344 g/mol. The first-order valence-electron chi connectivity index (χ1n) is 8.89. The van der Waals surface area contributed by atoms with E-state index in [1.807, 2.05) is 13.8 Å². The number of guanidine groups is 1. The first-order chi connectivity index (χ1) is 11.8. The first-order valence-corrected chi connectivity index (χ1v) is 10.7. The monoisotopic (exact) mass is 376 g/mol. The van der Waals surface area contributed by atoms with Gasteiger partial charge in [0.05, 0.1) is 19.3 Å². The van der Waals surface area contributed by atoms with Crippen molar-refractivity contribution in [3.63, 3.8) is 0 Å². The van der Waals surface area contributed by atoms with Gasteiger partial charge in [-0.3, -0.25) is 9.79 Å². The SMILES string of the molecule is CCNC(=NCCCN(CC)S(C)(=O)=O)N1CCC(C(=O)OC)CC1. The topological polar surface area (TPSA) is 91.3 Å². The molecule has 1 rings (SSSR count). The van der Waals surface area contributed by atoms with Crippen LogP contribution < -0.4 is 5.32 Å². The quantitative estimate of drug-likeness (QED) is 0.287. The molecule has 0 spiro atoms. The Morgan fingerprint density at radius 2 is 1.96 bits per heavy atom. The summed E-state index contributed by atoms with van der Waals surface area (Å²) >= 11 is 0. The number of ether oxygens (including phenoxy) is 1. The van der Waals surface area contributed by atoms with Crippen LogP contribution in [0, 0.1) is 5.92 Å². The fourth-order valence-corrected chi connectivity index (χ4v) is 3.84. The standard InChI is InChI=1S/C16H32N4O4S/c1-5-17-16(18-10-7-11-20(6-2)25(4,22)23)19-12-8-14(9-13-19)15(21)24-3/h14H,5-13H2,1-4H3,(H,17,18). The molecule has 1 aliphatic heterocycles. The molecule has 0 atom stereocenters. The van der Waals surface area contributed by atoms with Gasteiger partial charge in [0.1, 0.15) is 0 Å². The van der Waals surface area contributed by atoms with Gasteiger partial charge in [-0.05, 0) is 26.2 Å². The van der Waals surface area contributed by atoms with Crippen LogP contribution in [0.2, 0.25) is 0 Å². The van der Waals surface area contributed by atoms with Crippen molar-refractivity contribution in [1.82, 2.24) is 14.5 Å². The van der Waals surface area contributed by atoms with Gasteiger partial charge in [0.25, 0.3) is 0 Å². The van der Waals surface area contributed by atoms with Crippen molar-refractivity contribution in [1.29, 1.82) is 0 Å². The summed E-state index contributed by atoms with van der Waals surface area (Å²) in [5, 5.41) is 3.27. The van der Waals surface area contributed by atoms with Gasteiger partial charge in [-0.15, -0.1) is 0 Å². The van der Waals surface area contributed by atoms with Crippen molar-refractivity contribution in [3.8, 4) is 0 Å². The van der Waals surface area contributed by atoms with Crippen LogP contribution in [0.15, 0.2) is 4.99 Å². The van der Waals surface area contributed by atoms with E-state index in [1.165, 1.54) is 17.7 Å². The molecule has 25 heavy (non-hydrogen) atoms. The Morgan fingerprint density at radius 3 is 2.44 bits per heavy atom. The Labute approximate surface area is 151 Å². The van der Waals surface area contributed by atoms with Crippen LogP contribution >= 0.6 is 0 Å². The van der Waals surface area contributed by atoms with Crippen LogP contribution in [-0.4, -0.2) is 82.2 Å². The third-order valence-corrected chi connectivity index (χ3v) is 5.69. The number of aliphatic imine (C=N–C) groups is 1. The lowest BCUT2D eigenvalue weighted by atomic mass is 9.97. The molecule has 0 aromatic carbocycles. The summed E-state index contributed by atoms with van der Waals surface area (Å²) in [6, 6.07) is 0. The molecule has 146 valence electrons. The van der Waals surface area contributed by atoms with E-state index in [2.05, 4.69) is 15.2 Å². The molecule has 1 N–H and O–H groups in total. The Morgan fingerprint density at radius 1 is 1.32 bits per heavy atom. The van der Waals surface area contributed by atoms with E-state index in [4.69, 9.17) is 4.74 Å². The summed E-state index contributed by atoms with van der Waals surface area (Å²) in [5.41, 5.74) is 0. The Kier molecular flexibility index (Phi) is 9.20. The summed E-state index contributed by atoms with van der Waals surface area (Å²) < 4.78 is 29.4. The average molecular weight is 377 g/mol. The highest BCUT2D eigenvalue weighted by Gasteiger charge is 2.26. The molecule has 1 fully saturated rings. The van der Waals surface area contributed by atoms with Crippen LogP contribution in [0.1, 0.15) is 33.1 Å². The Bertz CT molecular complexity index is 542. The predicted molar refractivity (Wildman–Crippen MR) is 99.0 cm³/mol. The number of hydrogen-bond donors (Lipinski definition) is 1. The zero-order valence-corrected chi connectivity index (χ0v) is 16.6. The second-order valence-electron chi connectivity index (χ2n) is 6.13. The number of nitrogens with zero attached hydrogens (tertiary/aromatic N) is 3. The van der Waals surface area contributed by atoms with E-state index < -0.39 is 10.0 Å². The molecule has 0 aromatic heterocycles. The van der Waals surface area contributed by atoms with E-state index in [0.29, 0.717) is 26.1 Å². The van der Waals surface area contributed by atoms with Crippen molar-refractivity contribution in [2.45, 2.75) is 33.1 Å². The van der Waals surface area contributed by atoms with E-state index in [1.54, 1.807) is 0 Å². The second-order valence-corrected chi connectivity index (χ2v) is 8.11. The third kappa shape index (κ3) is 7.19. The number of hydrogen-bond acceptors (Lipinski definition) is 5. The first kappa shape index (κ1) is 21.7. The van der Waals surface area contributed by atoms with Gasteiger partial charge in [-0.1, -0.05) is 6.92 Å². The summed E-state index contributed by atoms with van der Waals surface area (Å²) in [7, 11) is -1.72. The van der Waals surface area contributed by atoms with Crippen molar-refractivity contribution < 1.29 is 17.9 Å². The molecule has 0 aromatic rings. The highest BCUT2D eigenvalue weighted by atomic mass is 32.2. The largest absolute Gasteiger partial charge is 0.469 e. The smallest absolute Gasteiger partial charge is 0.308 e. The third-order valence-electron chi connectivity index (χ3n) is 4.31. The summed E-state index contributed by atoms with van der Waals surface area (Å²) in [6.45, 7) is 7.64. The molecule has 0 radical (unpaired) electrons. The van der Waals surface area contributed by atoms with Gasteiger partial charge in [-0.2, -0.15) is 0 Å². The molecule has 0 unspecified atom stereocenters. The van der Waals surface area contributed by atoms with E-state index in [0.717, 1.165) is 38.4 Å². The normalized spacial score (nSPS) is 17.0. The fraction of sp³-hybridized carbons (Fsp3) is 0.875.